The minimum atomic E-state index is -0.912. The number of aliphatic carboxylic acids is 1. The van der Waals surface area contributed by atoms with Gasteiger partial charge in [0.25, 0.3) is 0 Å². The average Bonchev–Trinajstić information content (AvgIpc) is 2.77. The van der Waals surface area contributed by atoms with Crippen molar-refractivity contribution in [3.8, 4) is 5.75 Å². The fourth-order valence-corrected chi connectivity index (χ4v) is 1.94. The summed E-state index contributed by atoms with van der Waals surface area (Å²) in [6, 6.07) is 7.16. The first-order valence-corrected chi connectivity index (χ1v) is 5.80. The Morgan fingerprint density at radius 1 is 1.47 bits per heavy atom. The molecule has 0 aromatic heterocycles. The van der Waals surface area contributed by atoms with Gasteiger partial charge >= 0.3 is 5.97 Å². The van der Waals surface area contributed by atoms with E-state index in [1.54, 1.807) is 12.1 Å². The number of ether oxygens (including phenoxy) is 2. The predicted octanol–water partition coefficient (Wildman–Crippen LogP) is 2.35. The topological polar surface area (TPSA) is 55.8 Å². The monoisotopic (exact) mass is 256 g/mol. The highest BCUT2D eigenvalue weighted by Crippen LogP contribution is 2.25. The second kappa shape index (κ2) is 5.38. The quantitative estimate of drug-likeness (QED) is 0.898. The van der Waals surface area contributed by atoms with E-state index in [0.29, 0.717) is 30.2 Å². The molecule has 0 saturated carbocycles. The van der Waals surface area contributed by atoms with Crippen molar-refractivity contribution < 1.29 is 19.4 Å². The molecule has 2 unspecified atom stereocenters. The van der Waals surface area contributed by atoms with Gasteiger partial charge in [-0.3, -0.25) is 0 Å². The number of halogens is 1. The Bertz CT molecular complexity index is 407. The lowest BCUT2D eigenvalue weighted by atomic mass is 10.2. The molecule has 1 aliphatic heterocycles. The molecule has 1 aliphatic rings. The van der Waals surface area contributed by atoms with Crippen molar-refractivity contribution in [1.82, 2.24) is 0 Å². The molecule has 0 spiro atoms. The number of carbonyl (C=O) groups is 1. The van der Waals surface area contributed by atoms with Gasteiger partial charge in [0.05, 0.1) is 11.1 Å². The molecule has 1 saturated heterocycles. The smallest absolute Gasteiger partial charge is 0.332 e. The zero-order chi connectivity index (χ0) is 12.3. The lowest BCUT2D eigenvalue weighted by molar-refractivity contribution is -0.149. The number of hydrogen-bond acceptors (Lipinski definition) is 3. The first-order chi connectivity index (χ1) is 8.16. The van der Waals surface area contributed by atoms with Gasteiger partial charge in [0.15, 0.2) is 6.10 Å². The zero-order valence-corrected chi connectivity index (χ0v) is 9.89. The van der Waals surface area contributed by atoms with Crippen molar-refractivity contribution in [2.24, 2.45) is 0 Å². The summed E-state index contributed by atoms with van der Waals surface area (Å²) >= 11 is 5.93. The maximum Gasteiger partial charge on any atom is 0.332 e. The zero-order valence-electron chi connectivity index (χ0n) is 9.14. The fourth-order valence-electron chi connectivity index (χ4n) is 1.75. The molecule has 4 nitrogen and oxygen atoms in total. The van der Waals surface area contributed by atoms with Crippen LogP contribution in [-0.2, 0) is 9.53 Å². The molecule has 2 rings (SSSR count). The SMILES string of the molecule is O=C(O)C1CCC(COc2ccccc2Cl)O1. The van der Waals surface area contributed by atoms with E-state index in [1.807, 2.05) is 12.1 Å². The Morgan fingerprint density at radius 2 is 2.24 bits per heavy atom. The molecule has 92 valence electrons. The summed E-state index contributed by atoms with van der Waals surface area (Å²) in [4.78, 5) is 10.7. The molecule has 0 bridgehead atoms. The normalized spacial score (nSPS) is 23.6. The molecule has 1 heterocycles. The van der Waals surface area contributed by atoms with E-state index in [9.17, 15) is 4.79 Å². The standard InChI is InChI=1S/C12H13ClO4/c13-9-3-1-2-4-10(9)16-7-8-5-6-11(17-8)12(14)15/h1-4,8,11H,5-7H2,(H,14,15). The number of para-hydroxylation sites is 1. The van der Waals surface area contributed by atoms with Crippen LogP contribution in [0.4, 0.5) is 0 Å². The van der Waals surface area contributed by atoms with Crippen molar-refractivity contribution in [2.45, 2.75) is 25.0 Å². The van der Waals surface area contributed by atoms with Gasteiger partial charge in [0, 0.05) is 0 Å². The second-order valence-electron chi connectivity index (χ2n) is 3.90. The highest BCUT2D eigenvalue weighted by Gasteiger charge is 2.30. The highest BCUT2D eigenvalue weighted by atomic mass is 35.5. The van der Waals surface area contributed by atoms with Crippen molar-refractivity contribution in [3.63, 3.8) is 0 Å². The molecular formula is C12H13ClO4. The van der Waals surface area contributed by atoms with E-state index < -0.39 is 12.1 Å². The predicted molar refractivity (Wildman–Crippen MR) is 62.5 cm³/mol. The number of rotatable bonds is 4. The summed E-state index contributed by atoms with van der Waals surface area (Å²) in [6.45, 7) is 0.327. The molecule has 1 aromatic carbocycles. The van der Waals surface area contributed by atoms with Crippen LogP contribution in [0.1, 0.15) is 12.8 Å². The van der Waals surface area contributed by atoms with Crippen molar-refractivity contribution in [3.05, 3.63) is 29.3 Å². The summed E-state index contributed by atoms with van der Waals surface area (Å²) in [7, 11) is 0. The van der Waals surface area contributed by atoms with Crippen molar-refractivity contribution in [1.29, 1.82) is 0 Å². The third kappa shape index (κ3) is 3.11. The molecule has 2 atom stereocenters. The van der Waals surface area contributed by atoms with Gasteiger partial charge in [-0.1, -0.05) is 23.7 Å². The minimum absolute atomic E-state index is 0.174. The van der Waals surface area contributed by atoms with Crippen LogP contribution in [0.3, 0.4) is 0 Å². The van der Waals surface area contributed by atoms with E-state index in [1.165, 1.54) is 0 Å². The maximum atomic E-state index is 10.7. The Labute approximate surface area is 104 Å². The Balaban J connectivity index is 1.84. The molecule has 5 heteroatoms. The number of carboxylic acids is 1. The highest BCUT2D eigenvalue weighted by molar-refractivity contribution is 6.32. The molecule has 0 amide bonds. The molecule has 0 aliphatic carbocycles. The lowest BCUT2D eigenvalue weighted by Crippen LogP contribution is -2.23. The van der Waals surface area contributed by atoms with Crippen LogP contribution in [0.25, 0.3) is 0 Å². The third-order valence-electron chi connectivity index (χ3n) is 2.64. The Kier molecular flexibility index (Phi) is 3.86. The van der Waals surface area contributed by atoms with Crippen LogP contribution in [-0.4, -0.2) is 29.9 Å². The summed E-state index contributed by atoms with van der Waals surface area (Å²) in [5, 5.41) is 9.32. The van der Waals surface area contributed by atoms with Crippen LogP contribution in [0.15, 0.2) is 24.3 Å². The number of benzene rings is 1. The van der Waals surface area contributed by atoms with Gasteiger partial charge in [0.2, 0.25) is 0 Å². The number of hydrogen-bond donors (Lipinski definition) is 1. The van der Waals surface area contributed by atoms with E-state index in [4.69, 9.17) is 26.2 Å². The van der Waals surface area contributed by atoms with Gasteiger partial charge in [-0.05, 0) is 25.0 Å². The van der Waals surface area contributed by atoms with E-state index in [-0.39, 0.29) is 6.10 Å². The van der Waals surface area contributed by atoms with E-state index in [0.717, 1.165) is 0 Å². The van der Waals surface area contributed by atoms with Crippen LogP contribution < -0.4 is 4.74 Å². The molecule has 17 heavy (non-hydrogen) atoms. The van der Waals surface area contributed by atoms with Gasteiger partial charge in [0.1, 0.15) is 12.4 Å². The van der Waals surface area contributed by atoms with Gasteiger partial charge in [-0.2, -0.15) is 0 Å². The first-order valence-electron chi connectivity index (χ1n) is 5.42. The van der Waals surface area contributed by atoms with Crippen LogP contribution in [0.5, 0.6) is 5.75 Å². The van der Waals surface area contributed by atoms with Crippen molar-refractivity contribution >= 4 is 17.6 Å². The fraction of sp³-hybridized carbons (Fsp3) is 0.417. The Hall–Kier alpha value is -1.26. The molecule has 1 aromatic rings. The Morgan fingerprint density at radius 3 is 2.88 bits per heavy atom. The van der Waals surface area contributed by atoms with Gasteiger partial charge in [-0.15, -0.1) is 0 Å². The summed E-state index contributed by atoms with van der Waals surface area (Å²) in [5.74, 6) is -0.318. The van der Waals surface area contributed by atoms with E-state index in [2.05, 4.69) is 0 Å². The van der Waals surface area contributed by atoms with Crippen LogP contribution >= 0.6 is 11.6 Å². The first kappa shape index (κ1) is 12.2. The lowest BCUT2D eigenvalue weighted by Gasteiger charge is -2.13. The molecule has 1 N–H and O–H groups in total. The van der Waals surface area contributed by atoms with E-state index >= 15 is 0 Å². The van der Waals surface area contributed by atoms with Crippen LogP contribution in [0, 0.1) is 0 Å². The summed E-state index contributed by atoms with van der Waals surface area (Å²) < 4.78 is 10.8. The van der Waals surface area contributed by atoms with Crippen LogP contribution in [0.2, 0.25) is 5.02 Å². The second-order valence-corrected chi connectivity index (χ2v) is 4.31. The largest absolute Gasteiger partial charge is 0.489 e. The summed E-state index contributed by atoms with van der Waals surface area (Å²) in [6.07, 6.45) is 0.357. The van der Waals surface area contributed by atoms with Gasteiger partial charge in [-0.25, -0.2) is 4.79 Å². The average molecular weight is 257 g/mol. The summed E-state index contributed by atoms with van der Waals surface area (Å²) in [5.41, 5.74) is 0. The van der Waals surface area contributed by atoms with Crippen molar-refractivity contribution in [2.75, 3.05) is 6.61 Å². The molecule has 0 radical (unpaired) electrons. The molecule has 1 fully saturated rings. The molecular weight excluding hydrogens is 244 g/mol. The van der Waals surface area contributed by atoms with Gasteiger partial charge < -0.3 is 14.6 Å². The number of carboxylic acid groups (broad SMARTS) is 1. The minimum Gasteiger partial charge on any atom is -0.489 e. The maximum absolute atomic E-state index is 10.7. The third-order valence-corrected chi connectivity index (χ3v) is 2.96.